The van der Waals surface area contributed by atoms with Gasteiger partial charge in [-0.3, -0.25) is 4.79 Å². The van der Waals surface area contributed by atoms with Crippen molar-refractivity contribution in [3.05, 3.63) is 59.8 Å². The Morgan fingerprint density at radius 2 is 1.97 bits per heavy atom. The molecule has 3 aromatic rings. The maximum absolute atomic E-state index is 12.0. The van der Waals surface area contributed by atoms with Gasteiger partial charge >= 0.3 is 0 Å². The van der Waals surface area contributed by atoms with E-state index in [9.17, 15) is 4.79 Å². The van der Waals surface area contributed by atoms with Gasteiger partial charge in [0.05, 0.1) is 20.3 Å². The third-order valence-electron chi connectivity index (χ3n) is 4.73. The number of aromatic nitrogens is 1. The van der Waals surface area contributed by atoms with Gasteiger partial charge in [0, 0.05) is 29.6 Å². The van der Waals surface area contributed by atoms with Crippen LogP contribution in [0.25, 0.3) is 10.9 Å². The number of benzene rings is 2. The molecule has 1 heterocycles. The molecule has 0 aliphatic rings. The second-order valence-corrected chi connectivity index (χ2v) is 6.52. The first-order valence-electron chi connectivity index (χ1n) is 9.46. The molecule has 0 radical (unpaired) electrons. The molecule has 6 nitrogen and oxygen atoms in total. The van der Waals surface area contributed by atoms with Gasteiger partial charge in [0.25, 0.3) is 0 Å². The Hall–Kier alpha value is -2.70. The third kappa shape index (κ3) is 5.22. The lowest BCUT2D eigenvalue weighted by atomic mass is 9.90. The van der Waals surface area contributed by atoms with Gasteiger partial charge in [-0.15, -0.1) is 12.4 Å². The van der Waals surface area contributed by atoms with Crippen LogP contribution in [0.3, 0.4) is 0 Å². The van der Waals surface area contributed by atoms with Crippen molar-refractivity contribution in [1.29, 1.82) is 0 Å². The predicted molar refractivity (Wildman–Crippen MR) is 118 cm³/mol. The molecule has 0 aliphatic heterocycles. The van der Waals surface area contributed by atoms with Crippen LogP contribution in [-0.2, 0) is 4.79 Å². The normalized spacial score (nSPS) is 11.6. The molecule has 3 rings (SSSR count). The summed E-state index contributed by atoms with van der Waals surface area (Å²) in [5.41, 5.74) is 3.25. The zero-order valence-electron chi connectivity index (χ0n) is 17.0. The SMILES string of the molecule is CCOc1ccc(C(CNC(=O)CNC)c2c[nH]c3ccccc23)cc1OC.Cl. The minimum atomic E-state index is -0.0368. The number of rotatable bonds is 9. The maximum Gasteiger partial charge on any atom is 0.233 e. The van der Waals surface area contributed by atoms with Crippen molar-refractivity contribution in [2.75, 3.05) is 33.9 Å². The molecule has 2 aromatic carbocycles. The van der Waals surface area contributed by atoms with E-state index in [0.29, 0.717) is 24.7 Å². The maximum atomic E-state index is 12.0. The Kier molecular flexibility index (Phi) is 8.36. The van der Waals surface area contributed by atoms with Crippen LogP contribution < -0.4 is 20.1 Å². The molecule has 156 valence electrons. The highest BCUT2D eigenvalue weighted by molar-refractivity contribution is 5.85. The van der Waals surface area contributed by atoms with Crippen LogP contribution in [0.1, 0.15) is 24.0 Å². The van der Waals surface area contributed by atoms with Gasteiger partial charge in [-0.1, -0.05) is 24.3 Å². The Bertz CT molecular complexity index is 942. The molecule has 1 atom stereocenters. The highest BCUT2D eigenvalue weighted by atomic mass is 35.5. The molecule has 0 aliphatic carbocycles. The molecule has 0 saturated carbocycles. The predicted octanol–water partition coefficient (Wildman–Crippen LogP) is 3.46. The monoisotopic (exact) mass is 417 g/mol. The van der Waals surface area contributed by atoms with Crippen molar-refractivity contribution >= 4 is 29.2 Å². The minimum Gasteiger partial charge on any atom is -0.493 e. The highest BCUT2D eigenvalue weighted by Crippen LogP contribution is 2.35. The fourth-order valence-electron chi connectivity index (χ4n) is 3.40. The number of ether oxygens (including phenoxy) is 2. The second-order valence-electron chi connectivity index (χ2n) is 6.52. The van der Waals surface area contributed by atoms with Crippen molar-refractivity contribution in [1.82, 2.24) is 15.6 Å². The van der Waals surface area contributed by atoms with Gasteiger partial charge < -0.3 is 25.1 Å². The lowest BCUT2D eigenvalue weighted by molar-refractivity contribution is -0.120. The largest absolute Gasteiger partial charge is 0.493 e. The molecule has 1 unspecified atom stereocenters. The summed E-state index contributed by atoms with van der Waals surface area (Å²) in [6.07, 6.45) is 2.02. The average Bonchev–Trinajstić information content (AvgIpc) is 3.13. The van der Waals surface area contributed by atoms with E-state index in [2.05, 4.69) is 21.7 Å². The fourth-order valence-corrected chi connectivity index (χ4v) is 3.40. The van der Waals surface area contributed by atoms with Crippen molar-refractivity contribution in [2.45, 2.75) is 12.8 Å². The first kappa shape index (κ1) is 22.6. The summed E-state index contributed by atoms with van der Waals surface area (Å²) >= 11 is 0. The molecule has 0 bridgehead atoms. The van der Waals surface area contributed by atoms with E-state index in [-0.39, 0.29) is 30.8 Å². The topological polar surface area (TPSA) is 75.4 Å². The van der Waals surface area contributed by atoms with E-state index in [1.807, 2.05) is 49.5 Å². The number of hydrogen-bond acceptors (Lipinski definition) is 4. The molecule has 1 aromatic heterocycles. The zero-order valence-corrected chi connectivity index (χ0v) is 17.8. The number of likely N-dealkylation sites (N-methyl/N-ethyl adjacent to an activating group) is 1. The van der Waals surface area contributed by atoms with Gasteiger partial charge in [-0.05, 0) is 43.3 Å². The number of carbonyl (C=O) groups is 1. The van der Waals surface area contributed by atoms with E-state index in [1.54, 1.807) is 14.2 Å². The summed E-state index contributed by atoms with van der Waals surface area (Å²) in [5.74, 6) is 1.34. The Labute approximate surface area is 177 Å². The van der Waals surface area contributed by atoms with E-state index in [4.69, 9.17) is 9.47 Å². The summed E-state index contributed by atoms with van der Waals surface area (Å²) in [5, 5.41) is 7.05. The van der Waals surface area contributed by atoms with Gasteiger partial charge in [-0.2, -0.15) is 0 Å². The van der Waals surface area contributed by atoms with Crippen molar-refractivity contribution < 1.29 is 14.3 Å². The molecule has 1 amide bonds. The van der Waals surface area contributed by atoms with Gasteiger partial charge in [-0.25, -0.2) is 0 Å². The Balaban J connectivity index is 0.00000300. The number of hydrogen-bond donors (Lipinski definition) is 3. The summed E-state index contributed by atoms with van der Waals surface area (Å²) in [4.78, 5) is 15.4. The number of H-pyrrole nitrogens is 1. The van der Waals surface area contributed by atoms with E-state index < -0.39 is 0 Å². The Morgan fingerprint density at radius 3 is 2.69 bits per heavy atom. The van der Waals surface area contributed by atoms with Crippen LogP contribution in [-0.4, -0.2) is 44.7 Å². The number of fused-ring (bicyclic) bond motifs is 1. The minimum absolute atomic E-state index is 0. The van der Waals surface area contributed by atoms with Gasteiger partial charge in [0.1, 0.15) is 0 Å². The summed E-state index contributed by atoms with van der Waals surface area (Å²) in [7, 11) is 3.39. The molecule has 7 heteroatoms. The van der Waals surface area contributed by atoms with Crippen molar-refractivity contribution in [3.8, 4) is 11.5 Å². The van der Waals surface area contributed by atoms with Crippen LogP contribution in [0.5, 0.6) is 11.5 Å². The number of amides is 1. The third-order valence-corrected chi connectivity index (χ3v) is 4.73. The molecule has 0 saturated heterocycles. The zero-order chi connectivity index (χ0) is 19.9. The summed E-state index contributed by atoms with van der Waals surface area (Å²) in [6, 6.07) is 14.1. The molecular weight excluding hydrogens is 390 g/mol. The highest BCUT2D eigenvalue weighted by Gasteiger charge is 2.20. The number of nitrogens with one attached hydrogen (secondary N) is 3. The van der Waals surface area contributed by atoms with Crippen molar-refractivity contribution in [2.24, 2.45) is 0 Å². The number of carbonyl (C=O) groups excluding carboxylic acids is 1. The number of aromatic amines is 1. The van der Waals surface area contributed by atoms with Crippen LogP contribution >= 0.6 is 12.4 Å². The van der Waals surface area contributed by atoms with E-state index >= 15 is 0 Å². The fraction of sp³-hybridized carbons (Fsp3) is 0.318. The molecule has 0 spiro atoms. The number of methoxy groups -OCH3 is 1. The van der Waals surface area contributed by atoms with Crippen LogP contribution in [0.2, 0.25) is 0 Å². The quantitative estimate of drug-likeness (QED) is 0.498. The van der Waals surface area contributed by atoms with Crippen LogP contribution in [0, 0.1) is 0 Å². The lowest BCUT2D eigenvalue weighted by Gasteiger charge is -2.20. The average molecular weight is 418 g/mol. The number of para-hydroxylation sites is 1. The molecular formula is C22H28ClN3O3. The number of halogens is 1. The van der Waals surface area contributed by atoms with E-state index in [0.717, 1.165) is 22.0 Å². The van der Waals surface area contributed by atoms with Gasteiger partial charge in [0.15, 0.2) is 11.5 Å². The van der Waals surface area contributed by atoms with E-state index in [1.165, 1.54) is 0 Å². The summed E-state index contributed by atoms with van der Waals surface area (Å²) in [6.45, 7) is 3.29. The second kappa shape index (κ2) is 10.7. The first-order valence-corrected chi connectivity index (χ1v) is 9.46. The smallest absolute Gasteiger partial charge is 0.233 e. The standard InChI is InChI=1S/C22H27N3O3.ClH/c1-4-28-20-10-9-15(11-21(20)27-3)17(12-25-22(26)14-23-2)18-13-24-19-8-6-5-7-16(18)19;/h5-11,13,17,23-24H,4,12,14H2,1-3H3,(H,25,26);1H. The summed E-state index contributed by atoms with van der Waals surface area (Å²) < 4.78 is 11.2. The Morgan fingerprint density at radius 1 is 1.17 bits per heavy atom. The van der Waals surface area contributed by atoms with Gasteiger partial charge in [0.2, 0.25) is 5.91 Å². The molecule has 0 fully saturated rings. The lowest BCUT2D eigenvalue weighted by Crippen LogP contribution is -2.35. The van der Waals surface area contributed by atoms with Crippen molar-refractivity contribution in [3.63, 3.8) is 0 Å². The molecule has 29 heavy (non-hydrogen) atoms. The first-order chi connectivity index (χ1) is 13.7. The van der Waals surface area contributed by atoms with Crippen LogP contribution in [0.15, 0.2) is 48.7 Å². The van der Waals surface area contributed by atoms with Crippen LogP contribution in [0.4, 0.5) is 0 Å². The molecule has 3 N–H and O–H groups in total.